The number of rotatable bonds is 2. The van der Waals surface area contributed by atoms with Crippen molar-refractivity contribution in [2.24, 2.45) is 0 Å². The Bertz CT molecular complexity index is 592. The van der Waals surface area contributed by atoms with Crippen LogP contribution >= 0.6 is 0 Å². The molecule has 0 atom stereocenters. The van der Waals surface area contributed by atoms with Crippen LogP contribution in [-0.4, -0.2) is 50.2 Å². The lowest BCUT2D eigenvalue weighted by Crippen LogP contribution is -2.50. The number of carbonyl (C=O) groups excluding carboxylic acids is 1. The van der Waals surface area contributed by atoms with E-state index in [0.717, 1.165) is 5.56 Å². The molecule has 104 valence electrons. The van der Waals surface area contributed by atoms with Crippen molar-refractivity contribution in [2.45, 2.75) is 11.8 Å². The predicted octanol–water partition coefficient (Wildman–Crippen LogP) is 0.0399. The van der Waals surface area contributed by atoms with E-state index < -0.39 is 10.0 Å². The number of carbonyl (C=O) groups is 1. The fourth-order valence-corrected chi connectivity index (χ4v) is 3.54. The Balaban J connectivity index is 2.35. The van der Waals surface area contributed by atoms with Crippen molar-refractivity contribution < 1.29 is 13.2 Å². The zero-order valence-electron chi connectivity index (χ0n) is 11.0. The summed E-state index contributed by atoms with van der Waals surface area (Å²) in [6.45, 7) is 2.37. The van der Waals surface area contributed by atoms with E-state index >= 15 is 0 Å². The lowest BCUT2D eigenvalue weighted by molar-refractivity contribution is -0.132. The first-order valence-electron chi connectivity index (χ1n) is 5.92. The summed E-state index contributed by atoms with van der Waals surface area (Å²) in [5.41, 5.74) is 6.86. The van der Waals surface area contributed by atoms with Gasteiger partial charge in [0.25, 0.3) is 0 Å². The molecular formula is C12H17N3O3S. The number of amides is 1. The molecule has 0 aliphatic carbocycles. The number of sulfonamides is 1. The molecule has 2 rings (SSSR count). The maximum absolute atomic E-state index is 12.4. The second-order valence-electron chi connectivity index (χ2n) is 4.73. The highest BCUT2D eigenvalue weighted by atomic mass is 32.2. The molecule has 7 heteroatoms. The van der Waals surface area contributed by atoms with Crippen LogP contribution in [-0.2, 0) is 14.8 Å². The summed E-state index contributed by atoms with van der Waals surface area (Å²) in [6, 6.07) is 4.69. The van der Waals surface area contributed by atoms with Gasteiger partial charge < -0.3 is 10.6 Å². The van der Waals surface area contributed by atoms with Crippen molar-refractivity contribution >= 4 is 21.6 Å². The van der Waals surface area contributed by atoms with Gasteiger partial charge in [-0.05, 0) is 30.7 Å². The van der Waals surface area contributed by atoms with E-state index in [9.17, 15) is 13.2 Å². The summed E-state index contributed by atoms with van der Waals surface area (Å²) in [5, 5.41) is 0. The van der Waals surface area contributed by atoms with Gasteiger partial charge in [-0.1, -0.05) is 0 Å². The lowest BCUT2D eigenvalue weighted by Gasteiger charge is -2.31. The van der Waals surface area contributed by atoms with E-state index in [1.807, 2.05) is 0 Å². The number of aryl methyl sites for hydroxylation is 1. The van der Waals surface area contributed by atoms with E-state index in [4.69, 9.17) is 5.73 Å². The number of nitrogens with two attached hydrogens (primary N) is 1. The minimum atomic E-state index is -3.66. The van der Waals surface area contributed by atoms with Crippen molar-refractivity contribution in [2.75, 3.05) is 32.4 Å². The number of piperazine rings is 1. The fraction of sp³-hybridized carbons (Fsp3) is 0.417. The van der Waals surface area contributed by atoms with Gasteiger partial charge in [-0.3, -0.25) is 4.79 Å². The molecule has 1 heterocycles. The van der Waals surface area contributed by atoms with Crippen LogP contribution in [0.1, 0.15) is 5.56 Å². The van der Waals surface area contributed by atoms with Gasteiger partial charge in [-0.25, -0.2) is 8.42 Å². The quantitative estimate of drug-likeness (QED) is 0.777. The van der Waals surface area contributed by atoms with Crippen LogP contribution in [0.2, 0.25) is 0 Å². The molecule has 1 aliphatic rings. The fourth-order valence-electron chi connectivity index (χ4n) is 2.02. The molecule has 1 amide bonds. The molecule has 1 saturated heterocycles. The number of nitrogens with zero attached hydrogens (tertiary/aromatic N) is 2. The average Bonchev–Trinajstić information content (AvgIpc) is 2.31. The summed E-state index contributed by atoms with van der Waals surface area (Å²) in [4.78, 5) is 13.3. The maximum atomic E-state index is 12.4. The Morgan fingerprint density at radius 2 is 1.89 bits per heavy atom. The van der Waals surface area contributed by atoms with Gasteiger partial charge in [0, 0.05) is 25.8 Å². The standard InChI is InChI=1S/C12H17N3O3S/c1-9-5-10(13)7-11(6-9)19(17,18)15-4-3-14(2)12(16)8-15/h5-7H,3-4,8,13H2,1-2H3. The largest absolute Gasteiger partial charge is 0.399 e. The van der Waals surface area contributed by atoms with E-state index in [-0.39, 0.29) is 17.3 Å². The van der Waals surface area contributed by atoms with Crippen LogP contribution in [0.4, 0.5) is 5.69 Å². The highest BCUT2D eigenvalue weighted by Gasteiger charge is 2.31. The first kappa shape index (κ1) is 13.8. The first-order chi connectivity index (χ1) is 8.80. The number of likely N-dealkylation sites (N-methyl/N-ethyl adjacent to an activating group) is 1. The summed E-state index contributed by atoms with van der Waals surface area (Å²) < 4.78 is 26.1. The van der Waals surface area contributed by atoms with E-state index in [0.29, 0.717) is 18.8 Å². The minimum absolute atomic E-state index is 0.118. The normalized spacial score (nSPS) is 17.8. The molecule has 2 N–H and O–H groups in total. The topological polar surface area (TPSA) is 83.7 Å². The van der Waals surface area contributed by atoms with Gasteiger partial charge in [-0.2, -0.15) is 4.31 Å². The molecule has 1 aliphatic heterocycles. The molecule has 1 aromatic carbocycles. The Kier molecular flexibility index (Phi) is 3.51. The number of anilines is 1. The zero-order valence-corrected chi connectivity index (χ0v) is 11.8. The molecule has 1 aromatic rings. The summed E-state index contributed by atoms with van der Waals surface area (Å²) in [6.07, 6.45) is 0. The third-order valence-electron chi connectivity index (χ3n) is 3.13. The Morgan fingerprint density at radius 1 is 1.21 bits per heavy atom. The summed E-state index contributed by atoms with van der Waals surface area (Å²) >= 11 is 0. The van der Waals surface area contributed by atoms with Gasteiger partial charge in [0.05, 0.1) is 11.4 Å². The van der Waals surface area contributed by atoms with E-state index in [1.54, 1.807) is 26.1 Å². The van der Waals surface area contributed by atoms with Crippen LogP contribution in [0, 0.1) is 6.92 Å². The van der Waals surface area contributed by atoms with Crippen molar-refractivity contribution in [3.05, 3.63) is 23.8 Å². The highest BCUT2D eigenvalue weighted by molar-refractivity contribution is 7.89. The number of benzene rings is 1. The second kappa shape index (κ2) is 4.82. The summed E-state index contributed by atoms with van der Waals surface area (Å²) in [7, 11) is -1.99. The van der Waals surface area contributed by atoms with E-state index in [1.165, 1.54) is 15.3 Å². The van der Waals surface area contributed by atoms with E-state index in [2.05, 4.69) is 0 Å². The van der Waals surface area contributed by atoms with Gasteiger partial charge in [0.1, 0.15) is 0 Å². The van der Waals surface area contributed by atoms with Crippen LogP contribution < -0.4 is 5.73 Å². The monoisotopic (exact) mass is 283 g/mol. The summed E-state index contributed by atoms with van der Waals surface area (Å²) in [5.74, 6) is -0.199. The lowest BCUT2D eigenvalue weighted by atomic mass is 10.2. The third-order valence-corrected chi connectivity index (χ3v) is 4.96. The van der Waals surface area contributed by atoms with Crippen molar-refractivity contribution in [1.82, 2.24) is 9.21 Å². The molecule has 0 radical (unpaired) electrons. The smallest absolute Gasteiger partial charge is 0.243 e. The number of nitrogen functional groups attached to an aromatic ring is 1. The van der Waals surface area contributed by atoms with Gasteiger partial charge in [-0.15, -0.1) is 0 Å². The molecular weight excluding hydrogens is 266 g/mol. The van der Waals surface area contributed by atoms with Crippen molar-refractivity contribution in [3.8, 4) is 0 Å². The van der Waals surface area contributed by atoms with Crippen molar-refractivity contribution in [1.29, 1.82) is 0 Å². The molecule has 0 unspecified atom stereocenters. The molecule has 19 heavy (non-hydrogen) atoms. The Labute approximate surface area is 112 Å². The van der Waals surface area contributed by atoms with Gasteiger partial charge in [0.2, 0.25) is 15.9 Å². The molecule has 0 aromatic heterocycles. The van der Waals surface area contributed by atoms with Crippen molar-refractivity contribution in [3.63, 3.8) is 0 Å². The van der Waals surface area contributed by atoms with Gasteiger partial charge >= 0.3 is 0 Å². The molecule has 0 spiro atoms. The third kappa shape index (κ3) is 2.71. The van der Waals surface area contributed by atoms with Crippen LogP contribution in [0.3, 0.4) is 0 Å². The molecule has 0 saturated carbocycles. The average molecular weight is 283 g/mol. The predicted molar refractivity (Wildman–Crippen MR) is 72.0 cm³/mol. The Hall–Kier alpha value is -1.60. The molecule has 0 bridgehead atoms. The second-order valence-corrected chi connectivity index (χ2v) is 6.67. The number of hydrogen-bond acceptors (Lipinski definition) is 4. The maximum Gasteiger partial charge on any atom is 0.243 e. The molecule has 1 fully saturated rings. The Morgan fingerprint density at radius 3 is 2.47 bits per heavy atom. The first-order valence-corrected chi connectivity index (χ1v) is 7.36. The number of hydrogen-bond donors (Lipinski definition) is 1. The van der Waals surface area contributed by atoms with Crippen LogP contribution in [0.15, 0.2) is 23.1 Å². The SMILES string of the molecule is Cc1cc(N)cc(S(=O)(=O)N2CCN(C)C(=O)C2)c1. The zero-order chi connectivity index (χ0) is 14.2. The van der Waals surface area contributed by atoms with Crippen LogP contribution in [0.5, 0.6) is 0 Å². The highest BCUT2D eigenvalue weighted by Crippen LogP contribution is 2.21. The molecule has 6 nitrogen and oxygen atoms in total. The minimum Gasteiger partial charge on any atom is -0.399 e. The van der Waals surface area contributed by atoms with Crippen LogP contribution in [0.25, 0.3) is 0 Å². The van der Waals surface area contributed by atoms with Gasteiger partial charge in [0.15, 0.2) is 0 Å².